The maximum Gasteiger partial charge on any atom is 0.307 e. The van der Waals surface area contributed by atoms with Crippen molar-refractivity contribution in [2.45, 2.75) is 12.5 Å². The van der Waals surface area contributed by atoms with Gasteiger partial charge in [0, 0.05) is 0 Å². The van der Waals surface area contributed by atoms with Crippen molar-refractivity contribution in [1.29, 1.82) is 0 Å². The molecule has 0 bridgehead atoms. The van der Waals surface area contributed by atoms with Crippen LogP contribution in [0.3, 0.4) is 0 Å². The van der Waals surface area contributed by atoms with Crippen molar-refractivity contribution in [3.63, 3.8) is 0 Å². The molecule has 5 heteroatoms. The van der Waals surface area contributed by atoms with Crippen LogP contribution in [0.25, 0.3) is 0 Å². The third kappa shape index (κ3) is 5.47. The molecule has 0 saturated heterocycles. The molecule has 120 valence electrons. The van der Waals surface area contributed by atoms with E-state index in [4.69, 9.17) is 9.47 Å². The molecular weight excluding hydrogens is 294 g/mol. The summed E-state index contributed by atoms with van der Waals surface area (Å²) in [6.07, 6.45) is 0.0671. The number of methoxy groups -OCH3 is 1. The van der Waals surface area contributed by atoms with Crippen LogP contribution in [0.2, 0.25) is 0 Å². The lowest BCUT2D eigenvalue weighted by atomic mass is 10.0. The molecule has 2 rings (SSSR count). The Balaban J connectivity index is 1.96. The summed E-state index contributed by atoms with van der Waals surface area (Å²) in [5, 5.41) is 2.80. The molecule has 0 aromatic heterocycles. The highest BCUT2D eigenvalue weighted by Crippen LogP contribution is 2.17. The molecule has 5 nitrogen and oxygen atoms in total. The van der Waals surface area contributed by atoms with Crippen LogP contribution >= 0.6 is 0 Å². The molecule has 2 aromatic carbocycles. The normalized spacial score (nSPS) is 11.3. The Hall–Kier alpha value is -2.82. The van der Waals surface area contributed by atoms with Gasteiger partial charge in [-0.3, -0.25) is 9.59 Å². The fourth-order valence-corrected chi connectivity index (χ4v) is 2.09. The summed E-state index contributed by atoms with van der Waals surface area (Å²) in [6.45, 7) is -0.117. The zero-order chi connectivity index (χ0) is 16.5. The van der Waals surface area contributed by atoms with Gasteiger partial charge < -0.3 is 14.8 Å². The van der Waals surface area contributed by atoms with Gasteiger partial charge in [0.2, 0.25) is 0 Å². The van der Waals surface area contributed by atoms with Crippen LogP contribution in [0.4, 0.5) is 0 Å². The number of rotatable bonds is 7. The Bertz CT molecular complexity index is 628. The summed E-state index contributed by atoms with van der Waals surface area (Å²) in [5.74, 6) is -0.0679. The molecule has 0 aliphatic carbocycles. The molecule has 1 atom stereocenters. The Kier molecular flexibility index (Phi) is 6.17. The topological polar surface area (TPSA) is 64.6 Å². The predicted molar refractivity (Wildman–Crippen MR) is 85.9 cm³/mol. The quantitative estimate of drug-likeness (QED) is 0.798. The number of benzene rings is 2. The summed E-state index contributed by atoms with van der Waals surface area (Å²) in [4.78, 5) is 23.6. The molecule has 0 heterocycles. The zero-order valence-corrected chi connectivity index (χ0v) is 12.9. The van der Waals surface area contributed by atoms with Crippen LogP contribution in [-0.2, 0) is 14.3 Å². The van der Waals surface area contributed by atoms with Gasteiger partial charge >= 0.3 is 5.97 Å². The van der Waals surface area contributed by atoms with Crippen molar-refractivity contribution < 1.29 is 19.1 Å². The van der Waals surface area contributed by atoms with E-state index in [1.165, 1.54) is 7.11 Å². The Morgan fingerprint density at radius 2 is 1.61 bits per heavy atom. The first-order valence-corrected chi connectivity index (χ1v) is 7.28. The molecule has 0 radical (unpaired) electrons. The Morgan fingerprint density at radius 1 is 1.00 bits per heavy atom. The summed E-state index contributed by atoms with van der Waals surface area (Å²) in [7, 11) is 1.32. The fourth-order valence-electron chi connectivity index (χ4n) is 2.09. The van der Waals surface area contributed by atoms with Gasteiger partial charge in [0.05, 0.1) is 19.6 Å². The number of hydrogen-bond acceptors (Lipinski definition) is 4. The van der Waals surface area contributed by atoms with Gasteiger partial charge in [-0.05, 0) is 17.7 Å². The summed E-state index contributed by atoms with van der Waals surface area (Å²) in [6, 6.07) is 17.9. The van der Waals surface area contributed by atoms with E-state index in [0.717, 1.165) is 5.56 Å². The number of hydrogen-bond donors (Lipinski definition) is 1. The second-order valence-electron chi connectivity index (χ2n) is 4.91. The van der Waals surface area contributed by atoms with Gasteiger partial charge in [0.25, 0.3) is 5.91 Å². The van der Waals surface area contributed by atoms with Crippen LogP contribution in [0.15, 0.2) is 60.7 Å². The van der Waals surface area contributed by atoms with E-state index in [-0.39, 0.29) is 24.9 Å². The first kappa shape index (κ1) is 16.5. The summed E-state index contributed by atoms with van der Waals surface area (Å²) < 4.78 is 10.1. The van der Waals surface area contributed by atoms with Crippen LogP contribution in [0, 0.1) is 0 Å². The second-order valence-corrected chi connectivity index (χ2v) is 4.91. The van der Waals surface area contributed by atoms with Crippen LogP contribution in [0.5, 0.6) is 5.75 Å². The van der Waals surface area contributed by atoms with Gasteiger partial charge in [-0.1, -0.05) is 48.5 Å². The third-order valence-corrected chi connectivity index (χ3v) is 3.25. The maximum atomic E-state index is 12.1. The van der Waals surface area contributed by atoms with E-state index in [1.54, 1.807) is 12.1 Å². The van der Waals surface area contributed by atoms with Crippen LogP contribution in [0.1, 0.15) is 18.0 Å². The molecule has 0 saturated carbocycles. The highest BCUT2D eigenvalue weighted by Gasteiger charge is 2.18. The average Bonchev–Trinajstić information content (AvgIpc) is 2.61. The van der Waals surface area contributed by atoms with Crippen molar-refractivity contribution in [2.24, 2.45) is 0 Å². The van der Waals surface area contributed by atoms with Gasteiger partial charge in [0.15, 0.2) is 6.61 Å². The SMILES string of the molecule is COC(=O)C[C@H](NC(=O)COc1ccccc1)c1ccccc1. The van der Waals surface area contributed by atoms with Crippen molar-refractivity contribution in [3.05, 3.63) is 66.2 Å². The predicted octanol–water partition coefficient (Wildman–Crippen LogP) is 2.49. The Morgan fingerprint density at radius 3 is 2.22 bits per heavy atom. The zero-order valence-electron chi connectivity index (χ0n) is 12.9. The molecule has 1 amide bonds. The minimum absolute atomic E-state index is 0.0671. The van der Waals surface area contributed by atoms with E-state index in [2.05, 4.69) is 5.32 Å². The van der Waals surface area contributed by atoms with Gasteiger partial charge in [-0.2, -0.15) is 0 Å². The molecular formula is C18H19NO4. The molecule has 0 aliphatic heterocycles. The van der Waals surface area contributed by atoms with Crippen molar-refractivity contribution in [3.8, 4) is 5.75 Å². The molecule has 1 N–H and O–H groups in total. The van der Waals surface area contributed by atoms with Crippen molar-refractivity contribution in [1.82, 2.24) is 5.32 Å². The van der Waals surface area contributed by atoms with Crippen molar-refractivity contribution in [2.75, 3.05) is 13.7 Å². The molecule has 0 spiro atoms. The standard InChI is InChI=1S/C18H19NO4/c1-22-18(21)12-16(14-8-4-2-5-9-14)19-17(20)13-23-15-10-6-3-7-11-15/h2-11,16H,12-13H2,1H3,(H,19,20)/t16-/m0/s1. The minimum atomic E-state index is -0.449. The highest BCUT2D eigenvalue weighted by molar-refractivity contribution is 5.79. The number of ether oxygens (including phenoxy) is 2. The van der Waals surface area contributed by atoms with E-state index >= 15 is 0 Å². The smallest absolute Gasteiger partial charge is 0.307 e. The summed E-state index contributed by atoms with van der Waals surface area (Å²) >= 11 is 0. The molecule has 0 unspecified atom stereocenters. The number of carbonyl (C=O) groups is 2. The monoisotopic (exact) mass is 313 g/mol. The number of nitrogens with one attached hydrogen (secondary N) is 1. The maximum absolute atomic E-state index is 12.1. The van der Waals surface area contributed by atoms with E-state index in [9.17, 15) is 9.59 Å². The van der Waals surface area contributed by atoms with E-state index in [1.807, 2.05) is 48.5 Å². The second kappa shape index (κ2) is 8.58. The number of amides is 1. The fraction of sp³-hybridized carbons (Fsp3) is 0.222. The van der Waals surface area contributed by atoms with E-state index in [0.29, 0.717) is 5.75 Å². The molecule has 0 aliphatic rings. The minimum Gasteiger partial charge on any atom is -0.484 e. The van der Waals surface area contributed by atoms with Crippen LogP contribution < -0.4 is 10.1 Å². The molecule has 0 fully saturated rings. The number of esters is 1. The average molecular weight is 313 g/mol. The molecule has 2 aromatic rings. The first-order chi connectivity index (χ1) is 11.2. The number of carbonyl (C=O) groups excluding carboxylic acids is 2. The van der Waals surface area contributed by atoms with Gasteiger partial charge in [-0.15, -0.1) is 0 Å². The van der Waals surface area contributed by atoms with Gasteiger partial charge in [0.1, 0.15) is 5.75 Å². The van der Waals surface area contributed by atoms with Crippen LogP contribution in [-0.4, -0.2) is 25.6 Å². The lowest BCUT2D eigenvalue weighted by molar-refractivity contribution is -0.141. The van der Waals surface area contributed by atoms with E-state index < -0.39 is 6.04 Å². The first-order valence-electron chi connectivity index (χ1n) is 7.28. The van der Waals surface area contributed by atoms with Gasteiger partial charge in [-0.25, -0.2) is 0 Å². The summed E-state index contributed by atoms with van der Waals surface area (Å²) in [5.41, 5.74) is 0.839. The highest BCUT2D eigenvalue weighted by atomic mass is 16.5. The Labute approximate surface area is 135 Å². The lowest BCUT2D eigenvalue weighted by Gasteiger charge is -2.18. The van der Waals surface area contributed by atoms with Crippen molar-refractivity contribution >= 4 is 11.9 Å². The third-order valence-electron chi connectivity index (χ3n) is 3.25. The number of para-hydroxylation sites is 1. The lowest BCUT2D eigenvalue weighted by Crippen LogP contribution is -2.34. The largest absolute Gasteiger partial charge is 0.484 e. The molecule has 23 heavy (non-hydrogen) atoms.